The topological polar surface area (TPSA) is 74.8 Å². The summed E-state index contributed by atoms with van der Waals surface area (Å²) in [5.74, 6) is 0.118. The molecule has 4 heterocycles. The lowest BCUT2D eigenvalue weighted by Crippen LogP contribution is -2.40. The Kier molecular flexibility index (Phi) is 4.73. The normalized spacial score (nSPS) is 16.5. The Bertz CT molecular complexity index is 1140. The molecule has 1 aliphatic heterocycles. The number of benzene rings is 1. The number of H-pyrrole nitrogens is 1. The molecule has 1 atom stereocenters. The number of imidazole rings is 1. The van der Waals surface area contributed by atoms with E-state index >= 15 is 0 Å². The molecular formula is C19H16BrN5OS2. The number of hydrogen-bond donors (Lipinski definition) is 1. The molecule has 1 amide bonds. The minimum atomic E-state index is -0.247. The van der Waals surface area contributed by atoms with Gasteiger partial charge in [-0.3, -0.25) is 4.79 Å². The highest BCUT2D eigenvalue weighted by molar-refractivity contribution is 9.10. The standard InChI is InChI=1S/C19H16BrN5OS2/c20-11-2-1-3-13-18(11)28-19(24-13)17-16-12(22-10-23-16)6-8-25(17)15(26)5-4-14-21-7-9-27-14/h1-3,7,9-10,17H,4-6,8H2,(H,22,23)/t17-/m0/s1. The largest absolute Gasteiger partial charge is 0.348 e. The molecule has 5 rings (SSSR count). The summed E-state index contributed by atoms with van der Waals surface area (Å²) in [7, 11) is 0. The van der Waals surface area contributed by atoms with Gasteiger partial charge in [-0.15, -0.1) is 22.7 Å². The lowest BCUT2D eigenvalue weighted by atomic mass is 10.0. The zero-order chi connectivity index (χ0) is 19.1. The summed E-state index contributed by atoms with van der Waals surface area (Å²) in [5.41, 5.74) is 2.93. The fourth-order valence-electron chi connectivity index (χ4n) is 3.58. The molecule has 1 aliphatic rings. The lowest BCUT2D eigenvalue weighted by molar-refractivity contribution is -0.133. The number of hydrogen-bond acceptors (Lipinski definition) is 6. The van der Waals surface area contributed by atoms with Crippen LogP contribution in [-0.2, 0) is 17.6 Å². The maximum Gasteiger partial charge on any atom is 0.223 e. The first-order chi connectivity index (χ1) is 13.7. The number of thiazole rings is 2. The predicted molar refractivity (Wildman–Crippen MR) is 114 cm³/mol. The Labute approximate surface area is 177 Å². The molecule has 4 aromatic rings. The van der Waals surface area contributed by atoms with Crippen molar-refractivity contribution in [3.05, 3.63) is 62.0 Å². The van der Waals surface area contributed by atoms with Gasteiger partial charge in [-0.2, -0.15) is 0 Å². The quantitative estimate of drug-likeness (QED) is 0.478. The van der Waals surface area contributed by atoms with E-state index in [1.807, 2.05) is 28.5 Å². The van der Waals surface area contributed by atoms with E-state index in [0.29, 0.717) is 19.4 Å². The highest BCUT2D eigenvalue weighted by atomic mass is 79.9. The number of carbonyl (C=O) groups is 1. The third-order valence-corrected chi connectivity index (χ3v) is 7.82. The smallest absolute Gasteiger partial charge is 0.223 e. The molecule has 28 heavy (non-hydrogen) atoms. The third-order valence-electron chi connectivity index (χ3n) is 4.90. The zero-order valence-corrected chi connectivity index (χ0v) is 18.0. The summed E-state index contributed by atoms with van der Waals surface area (Å²) in [5, 5.41) is 3.84. The van der Waals surface area contributed by atoms with Crippen molar-refractivity contribution in [3.8, 4) is 0 Å². The molecular weight excluding hydrogens is 458 g/mol. The Hall–Kier alpha value is -2.10. The van der Waals surface area contributed by atoms with Gasteiger partial charge in [-0.25, -0.2) is 15.0 Å². The second-order valence-electron chi connectivity index (χ2n) is 6.57. The number of carbonyl (C=O) groups excluding carboxylic acids is 1. The molecule has 0 saturated heterocycles. The second-order valence-corrected chi connectivity index (χ2v) is 9.44. The molecule has 0 fully saturated rings. The van der Waals surface area contributed by atoms with E-state index in [0.717, 1.165) is 42.5 Å². The van der Waals surface area contributed by atoms with Crippen molar-refractivity contribution in [1.29, 1.82) is 0 Å². The Balaban J connectivity index is 1.50. The number of aromatic nitrogens is 4. The van der Waals surface area contributed by atoms with Crippen molar-refractivity contribution < 1.29 is 4.79 Å². The van der Waals surface area contributed by atoms with E-state index in [1.54, 1.807) is 35.2 Å². The van der Waals surface area contributed by atoms with Crippen LogP contribution in [-0.4, -0.2) is 37.3 Å². The van der Waals surface area contributed by atoms with Gasteiger partial charge in [0.15, 0.2) is 0 Å². The van der Waals surface area contributed by atoms with Gasteiger partial charge >= 0.3 is 0 Å². The van der Waals surface area contributed by atoms with Gasteiger partial charge in [0.05, 0.1) is 27.2 Å². The summed E-state index contributed by atoms with van der Waals surface area (Å²) >= 11 is 6.82. The molecule has 0 spiro atoms. The Morgan fingerprint density at radius 3 is 3.11 bits per heavy atom. The van der Waals surface area contributed by atoms with E-state index in [2.05, 4.69) is 30.9 Å². The fraction of sp³-hybridized carbons (Fsp3) is 0.263. The van der Waals surface area contributed by atoms with E-state index in [-0.39, 0.29) is 11.9 Å². The van der Waals surface area contributed by atoms with Crippen LogP contribution in [0.2, 0.25) is 0 Å². The van der Waals surface area contributed by atoms with Gasteiger partial charge in [-0.1, -0.05) is 6.07 Å². The van der Waals surface area contributed by atoms with Crippen molar-refractivity contribution in [2.24, 2.45) is 0 Å². The SMILES string of the molecule is O=C(CCc1nccs1)N1CCc2[nH]cnc2[C@H]1c1nc2cccc(Br)c2s1. The van der Waals surface area contributed by atoms with Gasteiger partial charge in [0, 0.05) is 47.6 Å². The minimum absolute atomic E-state index is 0.118. The van der Waals surface area contributed by atoms with E-state index in [9.17, 15) is 4.79 Å². The number of nitrogens with one attached hydrogen (secondary N) is 1. The molecule has 6 nitrogen and oxygen atoms in total. The molecule has 0 aliphatic carbocycles. The first-order valence-corrected chi connectivity index (χ1v) is 11.4. The molecule has 0 saturated carbocycles. The first-order valence-electron chi connectivity index (χ1n) is 8.95. The van der Waals surface area contributed by atoms with Gasteiger partial charge in [0.25, 0.3) is 0 Å². The van der Waals surface area contributed by atoms with Crippen LogP contribution >= 0.6 is 38.6 Å². The van der Waals surface area contributed by atoms with E-state index in [1.165, 1.54) is 0 Å². The summed E-state index contributed by atoms with van der Waals surface area (Å²) in [4.78, 5) is 32.0. The molecule has 0 unspecified atom stereocenters. The number of amides is 1. The summed E-state index contributed by atoms with van der Waals surface area (Å²) in [6.45, 7) is 0.660. The maximum absolute atomic E-state index is 13.1. The fourth-order valence-corrected chi connectivity index (χ4v) is 5.89. The zero-order valence-electron chi connectivity index (χ0n) is 14.8. The highest BCUT2D eigenvalue weighted by Crippen LogP contribution is 2.39. The van der Waals surface area contributed by atoms with Crippen LogP contribution in [0, 0.1) is 0 Å². The summed E-state index contributed by atoms with van der Waals surface area (Å²) in [6.07, 6.45) is 5.38. The van der Waals surface area contributed by atoms with Crippen LogP contribution < -0.4 is 0 Å². The Morgan fingerprint density at radius 1 is 1.36 bits per heavy atom. The molecule has 3 aromatic heterocycles. The number of rotatable bonds is 4. The highest BCUT2D eigenvalue weighted by Gasteiger charge is 2.36. The van der Waals surface area contributed by atoms with Crippen molar-refractivity contribution >= 4 is 54.7 Å². The van der Waals surface area contributed by atoms with Crippen molar-refractivity contribution in [1.82, 2.24) is 24.8 Å². The monoisotopic (exact) mass is 473 g/mol. The van der Waals surface area contributed by atoms with Crippen LogP contribution in [0.25, 0.3) is 10.2 Å². The van der Waals surface area contributed by atoms with Crippen LogP contribution in [0.5, 0.6) is 0 Å². The minimum Gasteiger partial charge on any atom is -0.348 e. The third kappa shape index (κ3) is 3.17. The second kappa shape index (κ2) is 7.38. The molecule has 9 heteroatoms. The van der Waals surface area contributed by atoms with E-state index in [4.69, 9.17) is 4.98 Å². The number of aromatic amines is 1. The summed E-state index contributed by atoms with van der Waals surface area (Å²) < 4.78 is 2.11. The van der Waals surface area contributed by atoms with Crippen LogP contribution in [0.3, 0.4) is 0 Å². The van der Waals surface area contributed by atoms with Crippen molar-refractivity contribution in [3.63, 3.8) is 0 Å². The first kappa shape index (κ1) is 18.0. The Morgan fingerprint density at radius 2 is 2.29 bits per heavy atom. The van der Waals surface area contributed by atoms with Gasteiger partial charge in [0.2, 0.25) is 5.91 Å². The van der Waals surface area contributed by atoms with Crippen LogP contribution in [0.15, 0.2) is 40.6 Å². The molecule has 1 N–H and O–H groups in total. The number of fused-ring (bicyclic) bond motifs is 2. The van der Waals surface area contributed by atoms with Gasteiger partial charge in [-0.05, 0) is 28.1 Å². The van der Waals surface area contributed by atoms with Gasteiger partial charge < -0.3 is 9.88 Å². The van der Waals surface area contributed by atoms with Crippen LogP contribution in [0.1, 0.15) is 33.9 Å². The number of halogens is 1. The van der Waals surface area contributed by atoms with Gasteiger partial charge in [0.1, 0.15) is 11.0 Å². The molecule has 1 aromatic carbocycles. The predicted octanol–water partition coefficient (Wildman–Crippen LogP) is 4.35. The summed E-state index contributed by atoms with van der Waals surface area (Å²) in [6, 6.07) is 5.75. The molecule has 0 bridgehead atoms. The lowest BCUT2D eigenvalue weighted by Gasteiger charge is -2.33. The number of aryl methyl sites for hydroxylation is 1. The van der Waals surface area contributed by atoms with Crippen molar-refractivity contribution in [2.45, 2.75) is 25.3 Å². The molecule has 142 valence electrons. The van der Waals surface area contributed by atoms with Crippen molar-refractivity contribution in [2.75, 3.05) is 6.54 Å². The van der Waals surface area contributed by atoms with Crippen LogP contribution in [0.4, 0.5) is 0 Å². The average molecular weight is 474 g/mol. The average Bonchev–Trinajstić information content (AvgIpc) is 3.45. The maximum atomic E-state index is 13.1. The number of nitrogens with zero attached hydrogens (tertiary/aromatic N) is 4. The molecule has 0 radical (unpaired) electrons. The van der Waals surface area contributed by atoms with E-state index < -0.39 is 0 Å².